The predicted octanol–water partition coefficient (Wildman–Crippen LogP) is 3.69. The molecule has 1 saturated carbocycles. The van der Waals surface area contributed by atoms with Crippen LogP contribution in [0.5, 0.6) is 5.75 Å². The van der Waals surface area contributed by atoms with Gasteiger partial charge >= 0.3 is 0 Å². The highest BCUT2D eigenvalue weighted by Gasteiger charge is 2.21. The summed E-state index contributed by atoms with van der Waals surface area (Å²) in [6.45, 7) is 0.651. The molecule has 0 aliphatic heterocycles. The Morgan fingerprint density at radius 2 is 2.26 bits per heavy atom. The van der Waals surface area contributed by atoms with Gasteiger partial charge < -0.3 is 15.4 Å². The van der Waals surface area contributed by atoms with Crippen LogP contribution in [0.3, 0.4) is 0 Å². The maximum absolute atomic E-state index is 6.00. The van der Waals surface area contributed by atoms with Crippen molar-refractivity contribution in [3.63, 3.8) is 0 Å². The number of halogens is 1. The molecule has 1 aromatic carbocycles. The molecule has 0 amide bonds. The molecule has 0 spiro atoms. The van der Waals surface area contributed by atoms with E-state index in [1.165, 1.54) is 25.7 Å². The van der Waals surface area contributed by atoms with Crippen LogP contribution in [0.1, 0.15) is 31.2 Å². The van der Waals surface area contributed by atoms with E-state index in [0.717, 1.165) is 22.5 Å². The number of nitrogens with zero attached hydrogens (tertiary/aromatic N) is 1. The summed E-state index contributed by atoms with van der Waals surface area (Å²) in [7, 11) is 3.47. The van der Waals surface area contributed by atoms with E-state index >= 15 is 0 Å². The number of nitrogens with one attached hydrogen (secondary N) is 2. The first-order chi connectivity index (χ1) is 11.2. The van der Waals surface area contributed by atoms with E-state index in [1.807, 2.05) is 37.0 Å². The third kappa shape index (κ3) is 5.50. The molecule has 4 nitrogen and oxygen atoms in total. The summed E-state index contributed by atoms with van der Waals surface area (Å²) in [6, 6.07) is 6.19. The molecule has 1 aliphatic rings. The zero-order valence-electron chi connectivity index (χ0n) is 14.1. The molecule has 2 atom stereocenters. The number of hydrogen-bond acceptors (Lipinski definition) is 3. The zero-order valence-corrected chi connectivity index (χ0v) is 15.6. The monoisotopic (exact) mass is 355 g/mol. The molecule has 6 heteroatoms. The van der Waals surface area contributed by atoms with Gasteiger partial charge in [-0.3, -0.25) is 4.99 Å². The zero-order chi connectivity index (χ0) is 16.7. The minimum Gasteiger partial charge on any atom is -0.496 e. The molecule has 0 radical (unpaired) electrons. The van der Waals surface area contributed by atoms with Crippen molar-refractivity contribution in [2.45, 2.75) is 43.5 Å². The molecule has 1 fully saturated rings. The maximum Gasteiger partial charge on any atom is 0.191 e. The molecule has 0 saturated heterocycles. The van der Waals surface area contributed by atoms with E-state index < -0.39 is 0 Å². The minimum absolute atomic E-state index is 0.500. The van der Waals surface area contributed by atoms with Crippen LogP contribution in [-0.2, 0) is 6.54 Å². The highest BCUT2D eigenvalue weighted by molar-refractivity contribution is 7.99. The summed E-state index contributed by atoms with van der Waals surface area (Å²) in [5.41, 5.74) is 1.06. The van der Waals surface area contributed by atoms with Crippen molar-refractivity contribution in [3.05, 3.63) is 28.8 Å². The van der Waals surface area contributed by atoms with E-state index in [1.54, 1.807) is 7.11 Å². The van der Waals surface area contributed by atoms with Crippen molar-refractivity contribution in [2.24, 2.45) is 4.99 Å². The summed E-state index contributed by atoms with van der Waals surface area (Å²) in [5.74, 6) is 1.63. The largest absolute Gasteiger partial charge is 0.496 e. The van der Waals surface area contributed by atoms with Gasteiger partial charge in [0, 0.05) is 35.5 Å². The summed E-state index contributed by atoms with van der Waals surface area (Å²) < 4.78 is 5.38. The van der Waals surface area contributed by atoms with E-state index in [4.69, 9.17) is 16.3 Å². The van der Waals surface area contributed by atoms with E-state index in [2.05, 4.69) is 21.9 Å². The lowest BCUT2D eigenvalue weighted by Crippen LogP contribution is -2.45. The number of benzene rings is 1. The third-order valence-electron chi connectivity index (χ3n) is 4.22. The van der Waals surface area contributed by atoms with Crippen LogP contribution >= 0.6 is 23.4 Å². The first kappa shape index (κ1) is 18.3. The molecule has 0 bridgehead atoms. The Hall–Kier alpha value is -1.07. The summed E-state index contributed by atoms with van der Waals surface area (Å²) in [5, 5.41) is 8.36. The van der Waals surface area contributed by atoms with E-state index in [9.17, 15) is 0 Å². The second-order valence-electron chi connectivity index (χ2n) is 5.75. The van der Waals surface area contributed by atoms with Crippen LogP contribution in [0.25, 0.3) is 0 Å². The first-order valence-electron chi connectivity index (χ1n) is 7.98. The van der Waals surface area contributed by atoms with Gasteiger partial charge in [0.25, 0.3) is 0 Å². The maximum atomic E-state index is 6.00. The molecule has 0 aromatic heterocycles. The second-order valence-corrected chi connectivity index (χ2v) is 7.32. The standard InChI is InChI=1S/C17H26ClN3OS/c1-19-17(21-14-5-4-6-15(10-14)23-3)20-11-12-7-8-13(18)9-16(12)22-2/h7-9,14-15H,4-6,10-11H2,1-3H3,(H2,19,20,21). The SMILES string of the molecule is CN=C(NCc1ccc(Cl)cc1OC)NC1CCCC(SC)C1. The Bertz CT molecular complexity index is 539. The van der Waals surface area contributed by atoms with Gasteiger partial charge in [-0.2, -0.15) is 11.8 Å². The number of aliphatic imine (C=N–C) groups is 1. The summed E-state index contributed by atoms with van der Waals surface area (Å²) >= 11 is 7.97. The lowest BCUT2D eigenvalue weighted by atomic mass is 9.95. The fourth-order valence-corrected chi connectivity index (χ4v) is 3.91. The summed E-state index contributed by atoms with van der Waals surface area (Å²) in [6.07, 6.45) is 7.22. The average molecular weight is 356 g/mol. The van der Waals surface area contributed by atoms with Gasteiger partial charge in [0.2, 0.25) is 0 Å². The van der Waals surface area contributed by atoms with Crippen molar-refractivity contribution < 1.29 is 4.74 Å². The average Bonchev–Trinajstić information content (AvgIpc) is 2.59. The van der Waals surface area contributed by atoms with Gasteiger partial charge in [-0.05, 0) is 37.7 Å². The molecule has 128 valence electrons. The Balaban J connectivity index is 1.90. The number of thioether (sulfide) groups is 1. The topological polar surface area (TPSA) is 45.7 Å². The van der Waals surface area contributed by atoms with Crippen LogP contribution < -0.4 is 15.4 Å². The van der Waals surface area contributed by atoms with Gasteiger partial charge in [0.1, 0.15) is 5.75 Å². The smallest absolute Gasteiger partial charge is 0.191 e. The third-order valence-corrected chi connectivity index (χ3v) is 5.55. The number of rotatable bonds is 5. The molecule has 1 aromatic rings. The molecule has 0 heterocycles. The molecule has 2 N–H and O–H groups in total. The van der Waals surface area contributed by atoms with Crippen LogP contribution in [-0.4, -0.2) is 37.7 Å². The highest BCUT2D eigenvalue weighted by atomic mass is 35.5. The number of guanidine groups is 1. The molecule has 2 unspecified atom stereocenters. The van der Waals surface area contributed by atoms with Crippen molar-refractivity contribution in [1.82, 2.24) is 10.6 Å². The van der Waals surface area contributed by atoms with Crippen LogP contribution in [0.4, 0.5) is 0 Å². The molecule has 1 aliphatic carbocycles. The molecule has 2 rings (SSSR count). The molecular weight excluding hydrogens is 330 g/mol. The number of hydrogen-bond donors (Lipinski definition) is 2. The van der Waals surface area contributed by atoms with Crippen molar-refractivity contribution >= 4 is 29.3 Å². The summed E-state index contributed by atoms with van der Waals surface area (Å²) in [4.78, 5) is 4.34. The lowest BCUT2D eigenvalue weighted by Gasteiger charge is -2.29. The van der Waals surface area contributed by atoms with Crippen LogP contribution in [0, 0.1) is 0 Å². The molecule has 23 heavy (non-hydrogen) atoms. The first-order valence-corrected chi connectivity index (χ1v) is 9.65. The van der Waals surface area contributed by atoms with Gasteiger partial charge in [0.15, 0.2) is 5.96 Å². The lowest BCUT2D eigenvalue weighted by molar-refractivity contribution is 0.408. The van der Waals surface area contributed by atoms with Crippen molar-refractivity contribution in [3.8, 4) is 5.75 Å². The second kappa shape index (κ2) is 9.28. The van der Waals surface area contributed by atoms with Crippen LogP contribution in [0.2, 0.25) is 5.02 Å². The van der Waals surface area contributed by atoms with E-state index in [0.29, 0.717) is 17.6 Å². The normalized spacial score (nSPS) is 21.8. The molecular formula is C17H26ClN3OS. The Labute approximate surface area is 148 Å². The van der Waals surface area contributed by atoms with E-state index in [-0.39, 0.29) is 0 Å². The Morgan fingerprint density at radius 3 is 2.96 bits per heavy atom. The highest BCUT2D eigenvalue weighted by Crippen LogP contribution is 2.27. The number of ether oxygens (including phenoxy) is 1. The number of methoxy groups -OCH3 is 1. The predicted molar refractivity (Wildman–Crippen MR) is 101 cm³/mol. The van der Waals surface area contributed by atoms with Crippen LogP contribution in [0.15, 0.2) is 23.2 Å². The fraction of sp³-hybridized carbons (Fsp3) is 0.588. The quantitative estimate of drug-likeness (QED) is 0.624. The van der Waals surface area contributed by atoms with Gasteiger partial charge in [0.05, 0.1) is 7.11 Å². The minimum atomic E-state index is 0.500. The van der Waals surface area contributed by atoms with Gasteiger partial charge in [-0.25, -0.2) is 0 Å². The Kier molecular flexibility index (Phi) is 7.37. The van der Waals surface area contributed by atoms with Crippen molar-refractivity contribution in [1.29, 1.82) is 0 Å². The Morgan fingerprint density at radius 1 is 1.43 bits per heavy atom. The van der Waals surface area contributed by atoms with Gasteiger partial charge in [-0.1, -0.05) is 24.1 Å². The fourth-order valence-electron chi connectivity index (χ4n) is 2.92. The van der Waals surface area contributed by atoms with Gasteiger partial charge in [-0.15, -0.1) is 0 Å². The van der Waals surface area contributed by atoms with Crippen molar-refractivity contribution in [2.75, 3.05) is 20.4 Å².